The van der Waals surface area contributed by atoms with E-state index in [4.69, 9.17) is 0 Å². The van der Waals surface area contributed by atoms with Crippen LogP contribution in [0.2, 0.25) is 0 Å². The molecule has 0 atom stereocenters. The highest BCUT2D eigenvalue weighted by Crippen LogP contribution is 2.28. The Morgan fingerprint density at radius 3 is 2.76 bits per heavy atom. The van der Waals surface area contributed by atoms with Crippen molar-refractivity contribution in [3.63, 3.8) is 0 Å². The standard InChI is InChI=1S/C16H20N2OS.ClH/c1-16(6-8-17-9-7-16)11-18-15(19)14-10-12-4-2-3-5-13(12)20-14;/h2-5,10,17H,6-9,11H2,1H3,(H,18,19);1H. The van der Waals surface area contributed by atoms with Crippen molar-refractivity contribution in [3.05, 3.63) is 35.2 Å². The zero-order valence-electron chi connectivity index (χ0n) is 12.1. The third-order valence-corrected chi connectivity index (χ3v) is 5.25. The minimum Gasteiger partial charge on any atom is -0.351 e. The molecule has 0 unspecified atom stereocenters. The van der Waals surface area contributed by atoms with Crippen LogP contribution in [0.15, 0.2) is 30.3 Å². The van der Waals surface area contributed by atoms with Crippen molar-refractivity contribution in [1.82, 2.24) is 10.6 Å². The Bertz CT molecular complexity index is 587. The van der Waals surface area contributed by atoms with Gasteiger partial charge < -0.3 is 10.6 Å². The second-order valence-electron chi connectivity index (χ2n) is 5.89. The number of thiophene rings is 1. The molecule has 1 amide bonds. The number of rotatable bonds is 3. The molecule has 0 aliphatic carbocycles. The minimum atomic E-state index is 0. The average molecular weight is 325 g/mol. The molecule has 21 heavy (non-hydrogen) atoms. The van der Waals surface area contributed by atoms with Crippen molar-refractivity contribution in [3.8, 4) is 0 Å². The van der Waals surface area contributed by atoms with Gasteiger partial charge in [0.15, 0.2) is 0 Å². The molecule has 0 spiro atoms. The number of amides is 1. The summed E-state index contributed by atoms with van der Waals surface area (Å²) in [5.41, 5.74) is 0.234. The molecule has 1 saturated heterocycles. The molecule has 0 saturated carbocycles. The van der Waals surface area contributed by atoms with Crippen LogP contribution in [0.1, 0.15) is 29.4 Å². The molecule has 1 aromatic heterocycles. The number of piperidine rings is 1. The third-order valence-electron chi connectivity index (χ3n) is 4.14. The zero-order valence-corrected chi connectivity index (χ0v) is 13.8. The Morgan fingerprint density at radius 2 is 2.05 bits per heavy atom. The van der Waals surface area contributed by atoms with E-state index in [0.717, 1.165) is 42.7 Å². The molecule has 1 aliphatic rings. The topological polar surface area (TPSA) is 41.1 Å². The average Bonchev–Trinajstić information content (AvgIpc) is 2.89. The van der Waals surface area contributed by atoms with Crippen LogP contribution in [0, 0.1) is 5.41 Å². The van der Waals surface area contributed by atoms with E-state index in [1.807, 2.05) is 18.2 Å². The molecule has 1 aliphatic heterocycles. The largest absolute Gasteiger partial charge is 0.351 e. The van der Waals surface area contributed by atoms with Gasteiger partial charge in [-0.15, -0.1) is 23.7 Å². The van der Waals surface area contributed by atoms with E-state index in [-0.39, 0.29) is 23.7 Å². The number of carbonyl (C=O) groups is 1. The highest BCUT2D eigenvalue weighted by molar-refractivity contribution is 7.20. The van der Waals surface area contributed by atoms with Gasteiger partial charge in [0.25, 0.3) is 5.91 Å². The van der Waals surface area contributed by atoms with Crippen molar-refractivity contribution in [2.75, 3.05) is 19.6 Å². The van der Waals surface area contributed by atoms with Gasteiger partial charge in [0.05, 0.1) is 4.88 Å². The summed E-state index contributed by atoms with van der Waals surface area (Å²) >= 11 is 1.57. The normalized spacial score (nSPS) is 17.2. The van der Waals surface area contributed by atoms with E-state index in [1.165, 1.54) is 4.70 Å². The van der Waals surface area contributed by atoms with E-state index in [1.54, 1.807) is 11.3 Å². The molecular weight excluding hydrogens is 304 g/mol. The monoisotopic (exact) mass is 324 g/mol. The number of halogens is 1. The highest BCUT2D eigenvalue weighted by atomic mass is 35.5. The Kier molecular flexibility index (Phi) is 5.25. The van der Waals surface area contributed by atoms with Crippen LogP contribution in [0.25, 0.3) is 10.1 Å². The second kappa shape index (κ2) is 6.77. The lowest BCUT2D eigenvalue weighted by atomic mass is 9.81. The first-order valence-electron chi connectivity index (χ1n) is 7.14. The molecule has 3 nitrogen and oxygen atoms in total. The number of hydrogen-bond donors (Lipinski definition) is 2. The predicted octanol–water partition coefficient (Wildman–Crippen LogP) is 3.44. The van der Waals surface area contributed by atoms with Crippen LogP contribution < -0.4 is 10.6 Å². The van der Waals surface area contributed by atoms with Crippen molar-refractivity contribution in [2.45, 2.75) is 19.8 Å². The first-order chi connectivity index (χ1) is 9.66. The molecule has 0 radical (unpaired) electrons. The van der Waals surface area contributed by atoms with Crippen LogP contribution in [-0.2, 0) is 0 Å². The Balaban J connectivity index is 0.00000161. The molecule has 0 bridgehead atoms. The highest BCUT2D eigenvalue weighted by Gasteiger charge is 2.27. The molecule has 114 valence electrons. The lowest BCUT2D eigenvalue weighted by Gasteiger charge is -2.34. The lowest BCUT2D eigenvalue weighted by molar-refractivity contribution is 0.0926. The summed E-state index contributed by atoms with van der Waals surface area (Å²) in [6, 6.07) is 10.1. The van der Waals surface area contributed by atoms with Gasteiger partial charge >= 0.3 is 0 Å². The summed E-state index contributed by atoms with van der Waals surface area (Å²) in [4.78, 5) is 13.1. The molecular formula is C16H21ClN2OS. The summed E-state index contributed by atoms with van der Waals surface area (Å²) in [5, 5.41) is 7.63. The molecule has 1 fully saturated rings. The van der Waals surface area contributed by atoms with Gasteiger partial charge in [-0.25, -0.2) is 0 Å². The van der Waals surface area contributed by atoms with E-state index in [0.29, 0.717) is 0 Å². The summed E-state index contributed by atoms with van der Waals surface area (Å²) < 4.78 is 1.17. The van der Waals surface area contributed by atoms with Gasteiger partial charge in [0.2, 0.25) is 0 Å². The van der Waals surface area contributed by atoms with Crippen LogP contribution in [0.4, 0.5) is 0 Å². The molecule has 3 rings (SSSR count). The van der Waals surface area contributed by atoms with Crippen LogP contribution in [-0.4, -0.2) is 25.5 Å². The molecule has 2 aromatic rings. The van der Waals surface area contributed by atoms with Crippen LogP contribution in [0.3, 0.4) is 0 Å². The van der Waals surface area contributed by atoms with E-state index in [2.05, 4.69) is 29.7 Å². The molecule has 2 N–H and O–H groups in total. The summed E-state index contributed by atoms with van der Waals surface area (Å²) in [6.07, 6.45) is 2.25. The van der Waals surface area contributed by atoms with E-state index >= 15 is 0 Å². The number of nitrogens with one attached hydrogen (secondary N) is 2. The summed E-state index contributed by atoms with van der Waals surface area (Å²) in [5.74, 6) is 0.0611. The third kappa shape index (κ3) is 3.76. The molecule has 5 heteroatoms. The maximum atomic E-state index is 12.3. The van der Waals surface area contributed by atoms with Crippen molar-refractivity contribution < 1.29 is 4.79 Å². The van der Waals surface area contributed by atoms with Crippen LogP contribution >= 0.6 is 23.7 Å². The molecule has 2 heterocycles. The van der Waals surface area contributed by atoms with Crippen LogP contribution in [0.5, 0.6) is 0 Å². The van der Waals surface area contributed by atoms with Crippen molar-refractivity contribution in [1.29, 1.82) is 0 Å². The number of carbonyl (C=O) groups excluding carboxylic acids is 1. The summed E-state index contributed by atoms with van der Waals surface area (Å²) in [6.45, 7) is 5.13. The zero-order chi connectivity index (χ0) is 14.0. The Morgan fingerprint density at radius 1 is 1.33 bits per heavy atom. The lowest BCUT2D eigenvalue weighted by Crippen LogP contribution is -2.42. The quantitative estimate of drug-likeness (QED) is 0.908. The maximum absolute atomic E-state index is 12.3. The van der Waals surface area contributed by atoms with Gasteiger partial charge in [0.1, 0.15) is 0 Å². The Hall–Kier alpha value is -1.10. The molecule has 1 aromatic carbocycles. The first kappa shape index (κ1) is 16.3. The van der Waals surface area contributed by atoms with Gasteiger partial charge in [-0.05, 0) is 48.9 Å². The SMILES string of the molecule is CC1(CNC(=O)c2cc3ccccc3s2)CCNCC1.Cl. The number of benzene rings is 1. The fourth-order valence-corrected chi connectivity index (χ4v) is 3.66. The van der Waals surface area contributed by atoms with Crippen molar-refractivity contribution >= 4 is 39.7 Å². The maximum Gasteiger partial charge on any atom is 0.261 e. The fraction of sp³-hybridized carbons (Fsp3) is 0.438. The Labute approximate surface area is 135 Å². The van der Waals surface area contributed by atoms with E-state index < -0.39 is 0 Å². The predicted molar refractivity (Wildman–Crippen MR) is 91.6 cm³/mol. The smallest absolute Gasteiger partial charge is 0.261 e. The second-order valence-corrected chi connectivity index (χ2v) is 6.98. The van der Waals surface area contributed by atoms with E-state index in [9.17, 15) is 4.79 Å². The summed E-state index contributed by atoms with van der Waals surface area (Å²) in [7, 11) is 0. The fourth-order valence-electron chi connectivity index (χ4n) is 2.68. The number of hydrogen-bond acceptors (Lipinski definition) is 3. The van der Waals surface area contributed by atoms with Crippen molar-refractivity contribution in [2.24, 2.45) is 5.41 Å². The number of fused-ring (bicyclic) bond motifs is 1. The first-order valence-corrected chi connectivity index (χ1v) is 7.95. The van der Waals surface area contributed by atoms with Gasteiger partial charge in [-0.2, -0.15) is 0 Å². The van der Waals surface area contributed by atoms with Gasteiger partial charge in [-0.1, -0.05) is 25.1 Å². The van der Waals surface area contributed by atoms with Gasteiger partial charge in [0, 0.05) is 11.2 Å². The van der Waals surface area contributed by atoms with Gasteiger partial charge in [-0.3, -0.25) is 4.79 Å². The minimum absolute atomic E-state index is 0.